The van der Waals surface area contributed by atoms with E-state index in [9.17, 15) is 14.7 Å². The quantitative estimate of drug-likeness (QED) is 0.481. The maximum absolute atomic E-state index is 13.4. The Hall–Kier alpha value is -3.28. The van der Waals surface area contributed by atoms with Gasteiger partial charge in [0.2, 0.25) is 0 Å². The summed E-state index contributed by atoms with van der Waals surface area (Å²) in [7, 11) is 2.03. The summed E-state index contributed by atoms with van der Waals surface area (Å²) in [6.07, 6.45) is 1.31. The molecule has 2 aromatic carbocycles. The SMILES string of the molecule is CCCC(Cn1c(=O)n(Cc2cc3c(C)cc(C)cc3n2C)c2ccccc21)C(=O)O. The molecule has 0 aliphatic heterocycles. The molecule has 2 aromatic heterocycles. The number of fused-ring (bicyclic) bond motifs is 2. The number of carboxylic acids is 1. The van der Waals surface area contributed by atoms with Gasteiger partial charge in [-0.15, -0.1) is 0 Å². The van der Waals surface area contributed by atoms with Crippen LogP contribution in [0, 0.1) is 19.8 Å². The van der Waals surface area contributed by atoms with Crippen LogP contribution in [-0.2, 0) is 24.9 Å². The van der Waals surface area contributed by atoms with Gasteiger partial charge in [0.15, 0.2) is 0 Å². The second kappa shape index (κ2) is 8.10. The molecule has 6 heteroatoms. The molecule has 1 atom stereocenters. The summed E-state index contributed by atoms with van der Waals surface area (Å²) in [6, 6.07) is 14.1. The van der Waals surface area contributed by atoms with E-state index in [1.54, 1.807) is 9.13 Å². The van der Waals surface area contributed by atoms with E-state index < -0.39 is 11.9 Å². The van der Waals surface area contributed by atoms with Gasteiger partial charge in [-0.1, -0.05) is 31.5 Å². The van der Waals surface area contributed by atoms with Gasteiger partial charge in [0.05, 0.1) is 23.5 Å². The lowest BCUT2D eigenvalue weighted by Gasteiger charge is -2.12. The minimum absolute atomic E-state index is 0.165. The number of aryl methyl sites for hydroxylation is 3. The van der Waals surface area contributed by atoms with Crippen LogP contribution in [0.4, 0.5) is 0 Å². The molecule has 0 bridgehead atoms. The standard InChI is InChI=1S/C25H29N3O3/c1-5-8-18(24(29)30)14-27-21-9-6-7-10-22(21)28(25(27)31)15-19-13-20-17(3)11-16(2)12-23(20)26(19)4/h6-7,9-13,18H,5,8,14-15H2,1-4H3,(H,29,30). The van der Waals surface area contributed by atoms with E-state index in [-0.39, 0.29) is 12.2 Å². The molecule has 0 aliphatic rings. The van der Waals surface area contributed by atoms with Crippen molar-refractivity contribution in [1.29, 1.82) is 0 Å². The van der Waals surface area contributed by atoms with E-state index in [2.05, 4.69) is 36.6 Å². The zero-order chi connectivity index (χ0) is 22.3. The van der Waals surface area contributed by atoms with Gasteiger partial charge in [0.25, 0.3) is 0 Å². The number of hydrogen-bond donors (Lipinski definition) is 1. The summed E-state index contributed by atoms with van der Waals surface area (Å²) in [5.74, 6) is -1.43. The zero-order valence-electron chi connectivity index (χ0n) is 18.6. The van der Waals surface area contributed by atoms with Crippen LogP contribution in [-0.4, -0.2) is 24.8 Å². The average Bonchev–Trinajstić information content (AvgIpc) is 3.18. The number of aromatic nitrogens is 3. The van der Waals surface area contributed by atoms with Crippen LogP contribution in [0.15, 0.2) is 47.3 Å². The molecule has 6 nitrogen and oxygen atoms in total. The van der Waals surface area contributed by atoms with Gasteiger partial charge in [-0.3, -0.25) is 13.9 Å². The van der Waals surface area contributed by atoms with Crippen LogP contribution in [0.5, 0.6) is 0 Å². The lowest BCUT2D eigenvalue weighted by Crippen LogP contribution is -2.30. The van der Waals surface area contributed by atoms with E-state index >= 15 is 0 Å². The number of aliphatic carboxylic acids is 1. The van der Waals surface area contributed by atoms with E-state index in [0.29, 0.717) is 13.0 Å². The highest BCUT2D eigenvalue weighted by molar-refractivity contribution is 5.85. The molecule has 0 saturated carbocycles. The first kappa shape index (κ1) is 21.0. The molecule has 0 radical (unpaired) electrons. The molecule has 4 rings (SSSR count). The summed E-state index contributed by atoms with van der Waals surface area (Å²) in [5.41, 5.74) is 6.06. The molecule has 0 saturated heterocycles. The van der Waals surface area contributed by atoms with Crippen LogP contribution in [0.25, 0.3) is 21.9 Å². The van der Waals surface area contributed by atoms with Gasteiger partial charge in [0.1, 0.15) is 0 Å². The average molecular weight is 420 g/mol. The topological polar surface area (TPSA) is 69.2 Å². The van der Waals surface area contributed by atoms with Crippen molar-refractivity contribution < 1.29 is 9.90 Å². The second-order valence-corrected chi connectivity index (χ2v) is 8.50. The molecule has 31 heavy (non-hydrogen) atoms. The van der Waals surface area contributed by atoms with Crippen LogP contribution >= 0.6 is 0 Å². The monoisotopic (exact) mass is 419 g/mol. The molecule has 1 N–H and O–H groups in total. The first-order valence-corrected chi connectivity index (χ1v) is 10.8. The maximum Gasteiger partial charge on any atom is 0.329 e. The third kappa shape index (κ3) is 3.67. The predicted octanol–water partition coefficient (Wildman–Crippen LogP) is 4.46. The lowest BCUT2D eigenvalue weighted by atomic mass is 10.0. The Balaban J connectivity index is 1.83. The maximum atomic E-state index is 13.4. The molecule has 1 unspecified atom stereocenters. The van der Waals surface area contributed by atoms with Crippen LogP contribution in [0.1, 0.15) is 36.6 Å². The van der Waals surface area contributed by atoms with Crippen molar-refractivity contribution in [3.05, 3.63) is 69.8 Å². The highest BCUT2D eigenvalue weighted by atomic mass is 16.4. The van der Waals surface area contributed by atoms with Crippen molar-refractivity contribution >= 4 is 27.9 Å². The van der Waals surface area contributed by atoms with Crippen LogP contribution in [0.3, 0.4) is 0 Å². The number of para-hydroxylation sites is 2. The number of imidazole rings is 1. The minimum atomic E-state index is -0.856. The Morgan fingerprint density at radius 2 is 1.71 bits per heavy atom. The number of nitrogens with zero attached hydrogens (tertiary/aromatic N) is 3. The summed E-state index contributed by atoms with van der Waals surface area (Å²) in [6.45, 7) is 6.78. The first-order chi connectivity index (χ1) is 14.8. The minimum Gasteiger partial charge on any atom is -0.481 e. The van der Waals surface area contributed by atoms with Gasteiger partial charge in [0, 0.05) is 30.2 Å². The molecule has 2 heterocycles. The molecule has 4 aromatic rings. The predicted molar refractivity (Wildman–Crippen MR) is 124 cm³/mol. The molecule has 0 spiro atoms. The number of benzene rings is 2. The summed E-state index contributed by atoms with van der Waals surface area (Å²) in [4.78, 5) is 25.1. The fourth-order valence-corrected chi connectivity index (χ4v) is 4.62. The molecule has 162 valence electrons. The van der Waals surface area contributed by atoms with Gasteiger partial charge in [-0.2, -0.15) is 0 Å². The van der Waals surface area contributed by atoms with E-state index in [0.717, 1.165) is 28.7 Å². The molecule has 0 amide bonds. The van der Waals surface area contributed by atoms with E-state index in [1.165, 1.54) is 16.5 Å². The normalized spacial score (nSPS) is 12.6. The number of carbonyl (C=O) groups is 1. The molecular weight excluding hydrogens is 390 g/mol. The smallest absolute Gasteiger partial charge is 0.329 e. The van der Waals surface area contributed by atoms with Gasteiger partial charge in [-0.25, -0.2) is 4.79 Å². The Bertz CT molecular complexity index is 1340. The zero-order valence-corrected chi connectivity index (χ0v) is 18.6. The summed E-state index contributed by atoms with van der Waals surface area (Å²) in [5, 5.41) is 10.8. The van der Waals surface area contributed by atoms with Gasteiger partial charge < -0.3 is 9.67 Å². The van der Waals surface area contributed by atoms with E-state index in [1.807, 2.05) is 38.2 Å². The Morgan fingerprint density at radius 1 is 1.03 bits per heavy atom. The largest absolute Gasteiger partial charge is 0.481 e. The first-order valence-electron chi connectivity index (χ1n) is 10.8. The highest BCUT2D eigenvalue weighted by Gasteiger charge is 2.22. The number of rotatable bonds is 7. The third-order valence-corrected chi connectivity index (χ3v) is 6.25. The van der Waals surface area contributed by atoms with Crippen molar-refractivity contribution in [3.63, 3.8) is 0 Å². The fraction of sp³-hybridized carbons (Fsp3) is 0.360. The highest BCUT2D eigenvalue weighted by Crippen LogP contribution is 2.25. The molecule has 0 aliphatic carbocycles. The molecular formula is C25H29N3O3. The van der Waals surface area contributed by atoms with Crippen LogP contribution < -0.4 is 5.69 Å². The van der Waals surface area contributed by atoms with Gasteiger partial charge in [-0.05, 0) is 55.7 Å². The number of carboxylic acid groups (broad SMARTS) is 1. The number of hydrogen-bond acceptors (Lipinski definition) is 2. The Morgan fingerprint density at radius 3 is 2.35 bits per heavy atom. The van der Waals surface area contributed by atoms with Crippen molar-refractivity contribution in [2.24, 2.45) is 13.0 Å². The Kier molecular flexibility index (Phi) is 5.48. The second-order valence-electron chi connectivity index (χ2n) is 8.50. The van der Waals surface area contributed by atoms with Crippen molar-refractivity contribution in [3.8, 4) is 0 Å². The lowest BCUT2D eigenvalue weighted by molar-refractivity contribution is -0.142. The summed E-state index contributed by atoms with van der Waals surface area (Å²) >= 11 is 0. The molecule has 0 fully saturated rings. The van der Waals surface area contributed by atoms with Crippen molar-refractivity contribution in [2.75, 3.05) is 0 Å². The summed E-state index contributed by atoms with van der Waals surface area (Å²) < 4.78 is 5.53. The Labute approximate surface area is 181 Å². The van der Waals surface area contributed by atoms with Crippen molar-refractivity contribution in [1.82, 2.24) is 13.7 Å². The van der Waals surface area contributed by atoms with Crippen molar-refractivity contribution in [2.45, 2.75) is 46.7 Å². The van der Waals surface area contributed by atoms with Gasteiger partial charge >= 0.3 is 11.7 Å². The third-order valence-electron chi connectivity index (χ3n) is 6.25. The fourth-order valence-electron chi connectivity index (χ4n) is 4.62. The van der Waals surface area contributed by atoms with E-state index in [4.69, 9.17) is 0 Å². The van der Waals surface area contributed by atoms with Crippen LogP contribution in [0.2, 0.25) is 0 Å².